The van der Waals surface area contributed by atoms with Gasteiger partial charge in [-0.3, -0.25) is 4.79 Å². The van der Waals surface area contributed by atoms with Crippen LogP contribution in [0.5, 0.6) is 0 Å². The van der Waals surface area contributed by atoms with E-state index >= 15 is 0 Å². The lowest BCUT2D eigenvalue weighted by atomic mass is 9.97. The maximum atomic E-state index is 12.0. The van der Waals surface area contributed by atoms with E-state index in [9.17, 15) is 4.79 Å². The van der Waals surface area contributed by atoms with Crippen molar-refractivity contribution in [2.45, 2.75) is 39.7 Å². The number of aryl methyl sites for hydroxylation is 1. The lowest BCUT2D eigenvalue weighted by Gasteiger charge is -2.31. The van der Waals surface area contributed by atoms with Gasteiger partial charge in [0, 0.05) is 24.5 Å². The Kier molecular flexibility index (Phi) is 6.47. The van der Waals surface area contributed by atoms with Crippen molar-refractivity contribution in [3.8, 4) is 0 Å². The summed E-state index contributed by atoms with van der Waals surface area (Å²) in [5.41, 5.74) is 1.21. The van der Waals surface area contributed by atoms with Crippen molar-refractivity contribution >= 4 is 39.3 Å². The molecule has 158 valence electrons. The molecule has 0 atom stereocenters. The molecule has 30 heavy (non-hydrogen) atoms. The summed E-state index contributed by atoms with van der Waals surface area (Å²) < 4.78 is 5.19. The third-order valence-electron chi connectivity index (χ3n) is 5.48. The molecule has 2 aromatic heterocycles. The number of ether oxygens (including phenoxy) is 1. The van der Waals surface area contributed by atoms with Crippen molar-refractivity contribution in [2.24, 2.45) is 5.92 Å². The number of anilines is 2. The third kappa shape index (κ3) is 4.56. The molecule has 1 aliphatic rings. The second-order valence-corrected chi connectivity index (χ2v) is 8.63. The molecule has 1 N–H and O–H groups in total. The van der Waals surface area contributed by atoms with Gasteiger partial charge >= 0.3 is 5.97 Å². The molecule has 0 spiro atoms. The first kappa shape index (κ1) is 20.6. The minimum absolute atomic E-state index is 0.0194. The fourth-order valence-corrected chi connectivity index (χ4v) is 4.73. The highest BCUT2D eigenvalue weighted by Gasteiger charge is 2.27. The average Bonchev–Trinajstić information content (AvgIpc) is 3.22. The van der Waals surface area contributed by atoms with Crippen LogP contribution in [-0.2, 0) is 22.5 Å². The van der Waals surface area contributed by atoms with Gasteiger partial charge in [0.2, 0.25) is 5.95 Å². The first-order valence-electron chi connectivity index (χ1n) is 10.7. The molecule has 0 bridgehead atoms. The van der Waals surface area contributed by atoms with E-state index in [0.29, 0.717) is 13.2 Å². The van der Waals surface area contributed by atoms with Crippen molar-refractivity contribution in [1.29, 1.82) is 0 Å². The molecule has 1 aliphatic heterocycles. The van der Waals surface area contributed by atoms with Crippen molar-refractivity contribution in [1.82, 2.24) is 9.97 Å². The van der Waals surface area contributed by atoms with E-state index in [-0.39, 0.29) is 11.9 Å². The van der Waals surface area contributed by atoms with Crippen molar-refractivity contribution in [2.75, 3.05) is 29.9 Å². The molecule has 3 heterocycles. The van der Waals surface area contributed by atoms with Gasteiger partial charge in [0.25, 0.3) is 0 Å². The normalized spacial score (nSPS) is 14.8. The molecule has 1 fully saturated rings. The van der Waals surface area contributed by atoms with Crippen LogP contribution >= 0.6 is 11.3 Å². The minimum Gasteiger partial charge on any atom is -0.466 e. The topological polar surface area (TPSA) is 67.3 Å². The second kappa shape index (κ2) is 9.43. The minimum atomic E-state index is -0.0791. The predicted molar refractivity (Wildman–Crippen MR) is 122 cm³/mol. The zero-order valence-electron chi connectivity index (χ0n) is 17.6. The number of nitrogens with zero attached hydrogens (tertiary/aromatic N) is 3. The van der Waals surface area contributed by atoms with E-state index < -0.39 is 0 Å². The number of piperidine rings is 1. The molecule has 1 saturated heterocycles. The van der Waals surface area contributed by atoms with Gasteiger partial charge in [0.1, 0.15) is 10.6 Å². The van der Waals surface area contributed by atoms with Crippen LogP contribution in [-0.4, -0.2) is 35.6 Å². The van der Waals surface area contributed by atoms with Crippen LogP contribution in [0.2, 0.25) is 0 Å². The molecular weight excluding hydrogens is 396 g/mol. The van der Waals surface area contributed by atoms with E-state index in [1.165, 1.54) is 10.4 Å². The monoisotopic (exact) mass is 424 g/mol. The Labute approximate surface area is 181 Å². The van der Waals surface area contributed by atoms with Gasteiger partial charge in [-0.1, -0.05) is 37.3 Å². The Morgan fingerprint density at radius 3 is 2.67 bits per heavy atom. The van der Waals surface area contributed by atoms with Crippen LogP contribution in [0.3, 0.4) is 0 Å². The van der Waals surface area contributed by atoms with Crippen molar-refractivity contribution in [3.05, 3.63) is 46.8 Å². The summed E-state index contributed by atoms with van der Waals surface area (Å²) in [6, 6.07) is 12.5. The molecule has 0 saturated carbocycles. The quantitative estimate of drug-likeness (QED) is 0.557. The van der Waals surface area contributed by atoms with E-state index in [1.54, 1.807) is 11.3 Å². The Morgan fingerprint density at radius 1 is 1.20 bits per heavy atom. The number of thiophene rings is 1. The SMILES string of the molecule is CCOC(=O)C1CCN(c2nc(NCc3ccccc3)c3cc(CC)sc3n2)CC1. The Morgan fingerprint density at radius 2 is 1.97 bits per heavy atom. The van der Waals surface area contributed by atoms with Gasteiger partial charge in [0.15, 0.2) is 0 Å². The Balaban J connectivity index is 1.55. The zero-order valence-corrected chi connectivity index (χ0v) is 18.4. The number of hydrogen-bond acceptors (Lipinski definition) is 7. The number of carbonyl (C=O) groups is 1. The molecule has 6 nitrogen and oxygen atoms in total. The van der Waals surface area contributed by atoms with Crippen LogP contribution in [0, 0.1) is 5.92 Å². The number of esters is 1. The molecule has 7 heteroatoms. The Hall–Kier alpha value is -2.67. The third-order valence-corrected chi connectivity index (χ3v) is 6.65. The molecular formula is C23H28N4O2S. The number of rotatable bonds is 7. The molecule has 0 radical (unpaired) electrons. The summed E-state index contributed by atoms with van der Waals surface area (Å²) in [7, 11) is 0. The summed E-state index contributed by atoms with van der Waals surface area (Å²) in [6.45, 7) is 6.70. The number of carbonyl (C=O) groups excluding carboxylic acids is 1. The average molecular weight is 425 g/mol. The first-order valence-corrected chi connectivity index (χ1v) is 11.5. The maximum absolute atomic E-state index is 12.0. The summed E-state index contributed by atoms with van der Waals surface area (Å²) in [5, 5.41) is 4.60. The van der Waals surface area contributed by atoms with Crippen LogP contribution in [0.25, 0.3) is 10.2 Å². The molecule has 4 rings (SSSR count). The first-order chi connectivity index (χ1) is 14.7. The van der Waals surface area contributed by atoms with Gasteiger partial charge in [-0.2, -0.15) is 4.98 Å². The highest BCUT2D eigenvalue weighted by Crippen LogP contribution is 2.32. The second-order valence-electron chi connectivity index (χ2n) is 7.51. The van der Waals surface area contributed by atoms with Crippen LogP contribution < -0.4 is 10.2 Å². The number of fused-ring (bicyclic) bond motifs is 1. The van der Waals surface area contributed by atoms with Gasteiger partial charge in [0.05, 0.1) is 17.9 Å². The molecule has 0 unspecified atom stereocenters. The predicted octanol–water partition coefficient (Wildman–Crippen LogP) is 4.65. The summed E-state index contributed by atoms with van der Waals surface area (Å²) in [6.07, 6.45) is 2.54. The van der Waals surface area contributed by atoms with E-state index in [1.807, 2.05) is 25.1 Å². The van der Waals surface area contributed by atoms with Crippen LogP contribution in [0.1, 0.15) is 37.1 Å². The summed E-state index contributed by atoms with van der Waals surface area (Å²) in [5.74, 6) is 1.52. The van der Waals surface area contributed by atoms with Gasteiger partial charge < -0.3 is 15.0 Å². The lowest BCUT2D eigenvalue weighted by Crippen LogP contribution is -2.38. The number of benzene rings is 1. The number of hydrogen-bond donors (Lipinski definition) is 1. The van der Waals surface area contributed by atoms with Gasteiger partial charge in [-0.25, -0.2) is 4.98 Å². The Bertz CT molecular complexity index is 997. The number of aromatic nitrogens is 2. The lowest BCUT2D eigenvalue weighted by molar-refractivity contribution is -0.148. The maximum Gasteiger partial charge on any atom is 0.309 e. The van der Waals surface area contributed by atoms with Gasteiger partial charge in [-0.05, 0) is 37.8 Å². The van der Waals surface area contributed by atoms with E-state index in [0.717, 1.165) is 54.3 Å². The van der Waals surface area contributed by atoms with E-state index in [4.69, 9.17) is 14.7 Å². The fourth-order valence-electron chi connectivity index (χ4n) is 3.77. The summed E-state index contributed by atoms with van der Waals surface area (Å²) >= 11 is 1.73. The van der Waals surface area contributed by atoms with E-state index in [2.05, 4.69) is 35.3 Å². The zero-order chi connectivity index (χ0) is 20.9. The molecule has 3 aromatic rings. The largest absolute Gasteiger partial charge is 0.466 e. The highest BCUT2D eigenvalue weighted by atomic mass is 32.1. The fraction of sp³-hybridized carbons (Fsp3) is 0.435. The molecule has 1 aromatic carbocycles. The smallest absolute Gasteiger partial charge is 0.309 e. The van der Waals surface area contributed by atoms with Crippen molar-refractivity contribution in [3.63, 3.8) is 0 Å². The van der Waals surface area contributed by atoms with Gasteiger partial charge in [-0.15, -0.1) is 11.3 Å². The molecule has 0 amide bonds. The summed E-state index contributed by atoms with van der Waals surface area (Å²) in [4.78, 5) is 26.3. The number of nitrogens with one attached hydrogen (secondary N) is 1. The van der Waals surface area contributed by atoms with Crippen molar-refractivity contribution < 1.29 is 9.53 Å². The molecule has 0 aliphatic carbocycles. The highest BCUT2D eigenvalue weighted by molar-refractivity contribution is 7.18. The van der Waals surface area contributed by atoms with Crippen LogP contribution in [0.4, 0.5) is 11.8 Å². The standard InChI is InChI=1S/C23H28N4O2S/c1-3-18-14-19-20(24-15-16-8-6-5-7-9-16)25-23(26-21(19)30-18)27-12-10-17(11-13-27)22(28)29-4-2/h5-9,14,17H,3-4,10-13,15H2,1-2H3,(H,24,25,26). The van der Waals surface area contributed by atoms with Crippen LogP contribution in [0.15, 0.2) is 36.4 Å².